The van der Waals surface area contributed by atoms with E-state index in [4.69, 9.17) is 25.8 Å². The van der Waals surface area contributed by atoms with Crippen LogP contribution in [0.3, 0.4) is 0 Å². The SMILES string of the molecule is C[C@H]1COC(Oc2cccc(OCc3ccc(F)c(Cl)c3)c2)C1. The van der Waals surface area contributed by atoms with Gasteiger partial charge in [-0.25, -0.2) is 4.39 Å². The highest BCUT2D eigenvalue weighted by Gasteiger charge is 2.23. The first-order chi connectivity index (χ1) is 11.1. The quantitative estimate of drug-likeness (QED) is 0.783. The van der Waals surface area contributed by atoms with E-state index >= 15 is 0 Å². The van der Waals surface area contributed by atoms with Crippen molar-refractivity contribution >= 4 is 11.6 Å². The third-order valence-corrected chi connectivity index (χ3v) is 3.91. The van der Waals surface area contributed by atoms with Crippen molar-refractivity contribution in [2.24, 2.45) is 5.92 Å². The van der Waals surface area contributed by atoms with Gasteiger partial charge < -0.3 is 14.2 Å². The number of hydrogen-bond acceptors (Lipinski definition) is 3. The van der Waals surface area contributed by atoms with Gasteiger partial charge in [-0.2, -0.15) is 0 Å². The van der Waals surface area contributed by atoms with Gasteiger partial charge in [0, 0.05) is 12.5 Å². The van der Waals surface area contributed by atoms with Crippen molar-refractivity contribution in [2.75, 3.05) is 6.61 Å². The zero-order valence-corrected chi connectivity index (χ0v) is 13.6. The van der Waals surface area contributed by atoms with Crippen LogP contribution in [0.5, 0.6) is 11.5 Å². The third-order valence-electron chi connectivity index (χ3n) is 3.62. The summed E-state index contributed by atoms with van der Waals surface area (Å²) >= 11 is 5.76. The molecule has 2 aromatic carbocycles. The summed E-state index contributed by atoms with van der Waals surface area (Å²) in [6.45, 7) is 3.17. The first kappa shape index (κ1) is 16.1. The smallest absolute Gasteiger partial charge is 0.200 e. The summed E-state index contributed by atoms with van der Waals surface area (Å²) < 4.78 is 30.2. The molecule has 1 fully saturated rings. The number of hydrogen-bond donors (Lipinski definition) is 0. The molecule has 0 aromatic heterocycles. The second kappa shape index (κ2) is 7.20. The van der Waals surface area contributed by atoms with Gasteiger partial charge in [0.25, 0.3) is 0 Å². The highest BCUT2D eigenvalue weighted by atomic mass is 35.5. The number of rotatable bonds is 5. The lowest BCUT2D eigenvalue weighted by Gasteiger charge is -2.14. The molecular formula is C18H18ClFO3. The molecule has 0 aliphatic carbocycles. The van der Waals surface area contributed by atoms with Gasteiger partial charge in [-0.15, -0.1) is 0 Å². The molecule has 0 spiro atoms. The lowest BCUT2D eigenvalue weighted by molar-refractivity contribution is -0.0394. The van der Waals surface area contributed by atoms with Crippen LogP contribution in [0.2, 0.25) is 5.02 Å². The molecule has 2 atom stereocenters. The molecular weight excluding hydrogens is 319 g/mol. The van der Waals surface area contributed by atoms with E-state index in [2.05, 4.69) is 6.92 Å². The van der Waals surface area contributed by atoms with Crippen LogP contribution in [-0.4, -0.2) is 12.9 Å². The Morgan fingerprint density at radius 1 is 1.22 bits per heavy atom. The van der Waals surface area contributed by atoms with E-state index < -0.39 is 5.82 Å². The van der Waals surface area contributed by atoms with Crippen LogP contribution in [-0.2, 0) is 11.3 Å². The fourth-order valence-electron chi connectivity index (χ4n) is 2.40. The Labute approximate surface area is 139 Å². The monoisotopic (exact) mass is 336 g/mol. The predicted octanol–water partition coefficient (Wildman–Crippen LogP) is 4.82. The zero-order chi connectivity index (χ0) is 16.2. The van der Waals surface area contributed by atoms with Crippen molar-refractivity contribution in [3.8, 4) is 11.5 Å². The topological polar surface area (TPSA) is 27.7 Å². The van der Waals surface area contributed by atoms with Crippen molar-refractivity contribution < 1.29 is 18.6 Å². The lowest BCUT2D eigenvalue weighted by Crippen LogP contribution is -2.14. The van der Waals surface area contributed by atoms with E-state index in [1.807, 2.05) is 24.3 Å². The Kier molecular flexibility index (Phi) is 5.03. The van der Waals surface area contributed by atoms with Crippen LogP contribution in [0.4, 0.5) is 4.39 Å². The van der Waals surface area contributed by atoms with Gasteiger partial charge in [0.15, 0.2) is 6.29 Å². The van der Waals surface area contributed by atoms with Crippen LogP contribution in [0.25, 0.3) is 0 Å². The Hall–Kier alpha value is -1.78. The van der Waals surface area contributed by atoms with Crippen LogP contribution in [0, 0.1) is 11.7 Å². The molecule has 0 amide bonds. The zero-order valence-electron chi connectivity index (χ0n) is 12.8. The van der Waals surface area contributed by atoms with E-state index in [0.717, 1.165) is 18.6 Å². The average molecular weight is 337 g/mol. The van der Waals surface area contributed by atoms with Gasteiger partial charge in [0.2, 0.25) is 0 Å². The molecule has 1 aliphatic heterocycles. The minimum absolute atomic E-state index is 0.0932. The number of halogens is 2. The molecule has 3 nitrogen and oxygen atoms in total. The Morgan fingerprint density at radius 3 is 2.78 bits per heavy atom. The lowest BCUT2D eigenvalue weighted by atomic mass is 10.1. The fraction of sp³-hybridized carbons (Fsp3) is 0.333. The maximum Gasteiger partial charge on any atom is 0.200 e. The van der Waals surface area contributed by atoms with Gasteiger partial charge in [0.05, 0.1) is 11.6 Å². The van der Waals surface area contributed by atoms with Crippen molar-refractivity contribution in [3.63, 3.8) is 0 Å². The van der Waals surface area contributed by atoms with Gasteiger partial charge >= 0.3 is 0 Å². The molecule has 0 radical (unpaired) electrons. The van der Waals surface area contributed by atoms with E-state index in [0.29, 0.717) is 24.0 Å². The summed E-state index contributed by atoms with van der Waals surface area (Å²) in [5.41, 5.74) is 0.802. The Balaban J connectivity index is 1.59. The maximum absolute atomic E-state index is 13.1. The van der Waals surface area contributed by atoms with Crippen molar-refractivity contribution in [1.29, 1.82) is 0 Å². The van der Waals surface area contributed by atoms with E-state index in [9.17, 15) is 4.39 Å². The number of benzene rings is 2. The molecule has 0 saturated carbocycles. The van der Waals surface area contributed by atoms with Crippen molar-refractivity contribution in [3.05, 3.63) is 58.9 Å². The van der Waals surface area contributed by atoms with E-state index in [1.54, 1.807) is 12.1 Å². The summed E-state index contributed by atoms with van der Waals surface area (Å²) in [4.78, 5) is 0. The molecule has 0 N–H and O–H groups in total. The molecule has 23 heavy (non-hydrogen) atoms. The van der Waals surface area contributed by atoms with Crippen molar-refractivity contribution in [2.45, 2.75) is 26.2 Å². The Bertz CT molecular complexity index is 677. The van der Waals surface area contributed by atoms with E-state index in [-0.39, 0.29) is 11.3 Å². The van der Waals surface area contributed by atoms with Crippen LogP contribution in [0.1, 0.15) is 18.9 Å². The maximum atomic E-state index is 13.1. The molecule has 1 aliphatic rings. The summed E-state index contributed by atoms with van der Waals surface area (Å²) in [6, 6.07) is 11.9. The predicted molar refractivity (Wildman–Crippen MR) is 86.3 cm³/mol. The first-order valence-corrected chi connectivity index (χ1v) is 7.93. The molecule has 122 valence electrons. The summed E-state index contributed by atoms with van der Waals surface area (Å²) in [5.74, 6) is 1.46. The van der Waals surface area contributed by atoms with Gasteiger partial charge in [-0.1, -0.05) is 30.7 Å². The molecule has 0 bridgehead atoms. The first-order valence-electron chi connectivity index (χ1n) is 7.55. The minimum Gasteiger partial charge on any atom is -0.489 e. The molecule has 3 rings (SSSR count). The third kappa shape index (κ3) is 4.36. The standard InChI is InChI=1S/C18H18ClFO3/c1-12-7-18(22-10-12)23-15-4-2-3-14(9-15)21-11-13-5-6-17(20)16(19)8-13/h2-6,8-9,12,18H,7,10-11H2,1H3/t12-,18?/m1/s1. The Morgan fingerprint density at radius 2 is 2.04 bits per heavy atom. The molecule has 1 saturated heterocycles. The normalized spacial score (nSPS) is 20.5. The van der Waals surface area contributed by atoms with Crippen LogP contribution in [0.15, 0.2) is 42.5 Å². The largest absolute Gasteiger partial charge is 0.489 e. The van der Waals surface area contributed by atoms with Gasteiger partial charge in [0.1, 0.15) is 23.9 Å². The second-order valence-electron chi connectivity index (χ2n) is 5.73. The molecule has 1 unspecified atom stereocenters. The van der Waals surface area contributed by atoms with Crippen LogP contribution >= 0.6 is 11.6 Å². The second-order valence-corrected chi connectivity index (χ2v) is 6.14. The molecule has 1 heterocycles. The highest BCUT2D eigenvalue weighted by molar-refractivity contribution is 6.30. The van der Waals surface area contributed by atoms with Crippen molar-refractivity contribution in [1.82, 2.24) is 0 Å². The fourth-order valence-corrected chi connectivity index (χ4v) is 2.61. The average Bonchev–Trinajstić information content (AvgIpc) is 2.94. The minimum atomic E-state index is -0.434. The van der Waals surface area contributed by atoms with Gasteiger partial charge in [-0.05, 0) is 35.7 Å². The summed E-state index contributed by atoms with van der Waals surface area (Å²) in [5, 5.41) is 0.0932. The number of ether oxygens (including phenoxy) is 3. The van der Waals surface area contributed by atoms with Gasteiger partial charge in [-0.3, -0.25) is 0 Å². The molecule has 2 aromatic rings. The highest BCUT2D eigenvalue weighted by Crippen LogP contribution is 2.26. The van der Waals surface area contributed by atoms with E-state index in [1.165, 1.54) is 6.07 Å². The molecule has 5 heteroatoms. The summed E-state index contributed by atoms with van der Waals surface area (Å²) in [7, 11) is 0. The summed E-state index contributed by atoms with van der Waals surface area (Å²) in [6.07, 6.45) is 0.690. The van der Waals surface area contributed by atoms with Crippen LogP contribution < -0.4 is 9.47 Å².